The van der Waals surface area contributed by atoms with Crippen molar-refractivity contribution in [2.45, 2.75) is 6.54 Å². The molecule has 0 atom stereocenters. The van der Waals surface area contributed by atoms with Crippen molar-refractivity contribution >= 4 is 29.5 Å². The van der Waals surface area contributed by atoms with Crippen molar-refractivity contribution in [2.24, 2.45) is 0 Å². The number of hydrogen-bond acceptors (Lipinski definition) is 5. The van der Waals surface area contributed by atoms with Gasteiger partial charge in [-0.15, -0.1) is 0 Å². The second-order valence-corrected chi connectivity index (χ2v) is 7.09. The van der Waals surface area contributed by atoms with E-state index >= 15 is 0 Å². The lowest BCUT2D eigenvalue weighted by Gasteiger charge is -2.13. The summed E-state index contributed by atoms with van der Waals surface area (Å²) in [5.41, 5.74) is 1.88. The predicted molar refractivity (Wildman–Crippen MR) is 104 cm³/mol. The molecular weight excluding hydrogens is 364 g/mol. The molecule has 7 heteroatoms. The molecule has 3 amide bonds. The number of nitrogens with zero attached hydrogens (tertiary/aromatic N) is 1. The van der Waals surface area contributed by atoms with Crippen LogP contribution >= 0.6 is 11.8 Å². The summed E-state index contributed by atoms with van der Waals surface area (Å²) >= 11 is 1.39. The van der Waals surface area contributed by atoms with E-state index in [0.29, 0.717) is 30.0 Å². The molecule has 3 rings (SSSR count). The molecule has 2 aromatic rings. The number of carbonyl (C=O) groups is 3. The van der Waals surface area contributed by atoms with Gasteiger partial charge in [0.25, 0.3) is 11.8 Å². The van der Waals surface area contributed by atoms with Crippen molar-refractivity contribution in [1.29, 1.82) is 0 Å². The van der Waals surface area contributed by atoms with Gasteiger partial charge in [0.1, 0.15) is 5.75 Å². The van der Waals surface area contributed by atoms with Gasteiger partial charge in [0, 0.05) is 18.8 Å². The monoisotopic (exact) mass is 384 g/mol. The normalized spacial score (nSPS) is 12.9. The predicted octanol–water partition coefficient (Wildman–Crippen LogP) is 2.34. The van der Waals surface area contributed by atoms with E-state index in [0.717, 1.165) is 11.3 Å². The van der Waals surface area contributed by atoms with Gasteiger partial charge in [0.2, 0.25) is 5.91 Å². The minimum absolute atomic E-state index is 0.0850. The van der Waals surface area contributed by atoms with Crippen LogP contribution in [0.15, 0.2) is 48.5 Å². The lowest BCUT2D eigenvalue weighted by Crippen LogP contribution is -2.32. The third-order valence-electron chi connectivity index (χ3n) is 4.22. The van der Waals surface area contributed by atoms with Gasteiger partial charge in [-0.05, 0) is 29.8 Å². The molecule has 1 N–H and O–H groups in total. The van der Waals surface area contributed by atoms with Gasteiger partial charge in [-0.25, -0.2) is 0 Å². The van der Waals surface area contributed by atoms with Crippen LogP contribution in [0.3, 0.4) is 0 Å². The molecule has 1 aliphatic heterocycles. The molecule has 0 unspecified atom stereocenters. The van der Waals surface area contributed by atoms with Crippen LogP contribution in [0.5, 0.6) is 5.75 Å². The maximum Gasteiger partial charge on any atom is 0.261 e. The summed E-state index contributed by atoms with van der Waals surface area (Å²) in [7, 11) is 1.61. The molecule has 1 aliphatic rings. The first-order valence-corrected chi connectivity index (χ1v) is 9.68. The van der Waals surface area contributed by atoms with Crippen LogP contribution in [0, 0.1) is 0 Å². The smallest absolute Gasteiger partial charge is 0.261 e. The number of nitrogens with one attached hydrogen (secondary N) is 1. The SMILES string of the molecule is COc1ccc(CNC(=O)CSCCN2C(=O)c3ccccc3C2=O)cc1. The van der Waals surface area contributed by atoms with E-state index in [4.69, 9.17) is 4.74 Å². The minimum Gasteiger partial charge on any atom is -0.497 e. The second-order valence-electron chi connectivity index (χ2n) is 5.98. The van der Waals surface area contributed by atoms with Gasteiger partial charge >= 0.3 is 0 Å². The van der Waals surface area contributed by atoms with Gasteiger partial charge in [0.05, 0.1) is 24.0 Å². The number of benzene rings is 2. The Hall–Kier alpha value is -2.80. The first-order chi connectivity index (χ1) is 13.1. The van der Waals surface area contributed by atoms with Crippen LogP contribution in [-0.2, 0) is 11.3 Å². The van der Waals surface area contributed by atoms with Crippen LogP contribution in [0.2, 0.25) is 0 Å². The number of methoxy groups -OCH3 is 1. The fraction of sp³-hybridized carbons (Fsp3) is 0.250. The zero-order chi connectivity index (χ0) is 19.2. The Bertz CT molecular complexity index is 816. The number of imide groups is 1. The van der Waals surface area contributed by atoms with Gasteiger partial charge in [-0.2, -0.15) is 11.8 Å². The largest absolute Gasteiger partial charge is 0.497 e. The zero-order valence-corrected chi connectivity index (χ0v) is 15.8. The Balaban J connectivity index is 1.38. The molecule has 0 aromatic heterocycles. The Morgan fingerprint density at radius 2 is 1.67 bits per heavy atom. The lowest BCUT2D eigenvalue weighted by molar-refractivity contribution is -0.118. The Kier molecular flexibility index (Phi) is 6.13. The quantitative estimate of drug-likeness (QED) is 0.559. The van der Waals surface area contributed by atoms with Crippen molar-refractivity contribution in [3.05, 3.63) is 65.2 Å². The summed E-state index contributed by atoms with van der Waals surface area (Å²) in [6.07, 6.45) is 0. The lowest BCUT2D eigenvalue weighted by atomic mass is 10.1. The fourth-order valence-electron chi connectivity index (χ4n) is 2.76. The van der Waals surface area contributed by atoms with E-state index in [9.17, 15) is 14.4 Å². The number of amides is 3. The number of hydrogen-bond donors (Lipinski definition) is 1. The van der Waals surface area contributed by atoms with Crippen LogP contribution in [-0.4, -0.2) is 47.8 Å². The molecule has 0 saturated heterocycles. The highest BCUT2D eigenvalue weighted by atomic mass is 32.2. The highest BCUT2D eigenvalue weighted by molar-refractivity contribution is 7.99. The summed E-state index contributed by atoms with van der Waals surface area (Å²) in [4.78, 5) is 37.7. The van der Waals surface area contributed by atoms with Crippen LogP contribution in [0.1, 0.15) is 26.3 Å². The van der Waals surface area contributed by atoms with Crippen LogP contribution in [0.4, 0.5) is 0 Å². The molecular formula is C20H20N2O4S. The molecule has 6 nitrogen and oxygen atoms in total. The molecule has 0 spiro atoms. The Morgan fingerprint density at radius 3 is 2.26 bits per heavy atom. The molecule has 0 radical (unpaired) electrons. The van der Waals surface area contributed by atoms with Gasteiger partial charge < -0.3 is 10.1 Å². The van der Waals surface area contributed by atoms with E-state index in [2.05, 4.69) is 5.32 Å². The maximum absolute atomic E-state index is 12.2. The molecule has 140 valence electrons. The van der Waals surface area contributed by atoms with Crippen LogP contribution < -0.4 is 10.1 Å². The highest BCUT2D eigenvalue weighted by Crippen LogP contribution is 2.22. The van der Waals surface area contributed by atoms with E-state index in [-0.39, 0.29) is 23.5 Å². The molecule has 0 fully saturated rings. The molecule has 27 heavy (non-hydrogen) atoms. The van der Waals surface area contributed by atoms with Gasteiger partial charge in [-0.1, -0.05) is 24.3 Å². The summed E-state index contributed by atoms with van der Waals surface area (Å²) < 4.78 is 5.10. The summed E-state index contributed by atoms with van der Waals surface area (Å²) in [5.74, 6) is 0.952. The van der Waals surface area contributed by atoms with Gasteiger partial charge in [0.15, 0.2) is 0 Å². The number of thioether (sulfide) groups is 1. The highest BCUT2D eigenvalue weighted by Gasteiger charge is 2.34. The third-order valence-corrected chi connectivity index (χ3v) is 5.16. The van der Waals surface area contributed by atoms with E-state index in [1.54, 1.807) is 31.4 Å². The first-order valence-electron chi connectivity index (χ1n) is 8.52. The summed E-state index contributed by atoms with van der Waals surface area (Å²) in [5, 5.41) is 2.85. The molecule has 0 aliphatic carbocycles. The first kappa shape index (κ1) is 19.0. The zero-order valence-electron chi connectivity index (χ0n) is 14.9. The number of carbonyl (C=O) groups excluding carboxylic acids is 3. The Labute approximate surface area is 161 Å². The average Bonchev–Trinajstić information content (AvgIpc) is 2.95. The van der Waals surface area contributed by atoms with Crippen molar-refractivity contribution < 1.29 is 19.1 Å². The van der Waals surface area contributed by atoms with Crippen molar-refractivity contribution in [3.8, 4) is 5.75 Å². The third kappa shape index (κ3) is 4.49. The van der Waals surface area contributed by atoms with Crippen molar-refractivity contribution in [1.82, 2.24) is 10.2 Å². The van der Waals surface area contributed by atoms with E-state index < -0.39 is 0 Å². The standard InChI is InChI=1S/C20H20N2O4S/c1-26-15-8-6-14(7-9-15)12-21-18(23)13-27-11-10-22-19(24)16-4-2-3-5-17(16)20(22)25/h2-9H,10-13H2,1H3,(H,21,23). The van der Waals surface area contributed by atoms with E-state index in [1.807, 2.05) is 24.3 Å². The number of rotatable bonds is 8. The van der Waals surface area contributed by atoms with Gasteiger partial charge in [-0.3, -0.25) is 19.3 Å². The Morgan fingerprint density at radius 1 is 1.04 bits per heavy atom. The number of ether oxygens (including phenoxy) is 1. The van der Waals surface area contributed by atoms with Crippen LogP contribution in [0.25, 0.3) is 0 Å². The molecule has 2 aromatic carbocycles. The molecule has 0 saturated carbocycles. The molecule has 1 heterocycles. The number of fused-ring (bicyclic) bond motifs is 1. The topological polar surface area (TPSA) is 75.7 Å². The minimum atomic E-state index is -0.264. The molecule has 0 bridgehead atoms. The summed E-state index contributed by atoms with van der Waals surface area (Å²) in [6, 6.07) is 14.3. The summed E-state index contributed by atoms with van der Waals surface area (Å²) in [6.45, 7) is 0.741. The fourth-order valence-corrected chi connectivity index (χ4v) is 3.50. The van der Waals surface area contributed by atoms with Crippen molar-refractivity contribution in [2.75, 3.05) is 25.2 Å². The van der Waals surface area contributed by atoms with E-state index in [1.165, 1.54) is 16.7 Å². The average molecular weight is 384 g/mol. The van der Waals surface area contributed by atoms with Crippen molar-refractivity contribution in [3.63, 3.8) is 0 Å². The maximum atomic E-state index is 12.2. The second kappa shape index (κ2) is 8.73.